The molecule has 9 heteroatoms. The van der Waals surface area contributed by atoms with Crippen LogP contribution in [0.1, 0.15) is 168 Å². The Hall–Kier alpha value is -0.950. The highest BCUT2D eigenvalue weighted by atomic mass is 31.2. The molecule has 0 saturated carbocycles. The van der Waals surface area contributed by atoms with E-state index in [4.69, 9.17) is 19.3 Å². The van der Waals surface area contributed by atoms with E-state index >= 15 is 0 Å². The maximum atomic E-state index is 12.2. The van der Waals surface area contributed by atoms with E-state index in [0.29, 0.717) is 12.8 Å². The van der Waals surface area contributed by atoms with Crippen LogP contribution >= 0.6 is 7.82 Å². The van der Waals surface area contributed by atoms with Gasteiger partial charge in [-0.1, -0.05) is 142 Å². The van der Waals surface area contributed by atoms with Crippen molar-refractivity contribution in [1.29, 1.82) is 0 Å². The molecule has 0 aliphatic carbocycles. The summed E-state index contributed by atoms with van der Waals surface area (Å²) in [5.41, 5.74) is 0. The Balaban J connectivity index is 3.74. The smallest absolute Gasteiger partial charge is 0.462 e. The van der Waals surface area contributed by atoms with Crippen LogP contribution in [0.5, 0.6) is 0 Å². The third-order valence-corrected chi connectivity index (χ3v) is 7.61. The molecule has 0 rings (SSSR count). The fourth-order valence-corrected chi connectivity index (χ4v) is 5.03. The molecule has 1 atom stereocenters. The van der Waals surface area contributed by atoms with E-state index in [2.05, 4.69) is 11.4 Å². The highest BCUT2D eigenvalue weighted by Crippen LogP contribution is 2.35. The fourth-order valence-electron chi connectivity index (χ4n) is 4.67. The second-order valence-corrected chi connectivity index (χ2v) is 12.4. The summed E-state index contributed by atoms with van der Waals surface area (Å²) in [5, 5.41) is 0. The molecule has 0 aromatic heterocycles. The van der Waals surface area contributed by atoms with Crippen molar-refractivity contribution < 1.29 is 37.9 Å². The number of hydrogen-bond donors (Lipinski definition) is 2. The van der Waals surface area contributed by atoms with Crippen LogP contribution < -0.4 is 0 Å². The number of hydrogen-bond acceptors (Lipinski definition) is 6. The second-order valence-electron chi connectivity index (χ2n) is 11.2. The third-order valence-electron chi connectivity index (χ3n) is 7.13. The predicted octanol–water partition coefficient (Wildman–Crippen LogP) is 8.95. The number of unbranched alkanes of at least 4 members (excludes halogenated alkanes) is 20. The lowest BCUT2D eigenvalue weighted by Gasteiger charge is -2.18. The molecule has 0 aliphatic rings. The van der Waals surface area contributed by atoms with Crippen molar-refractivity contribution in [2.24, 2.45) is 0 Å². The van der Waals surface area contributed by atoms with Gasteiger partial charge in [-0.05, 0) is 12.8 Å². The van der Waals surface area contributed by atoms with E-state index in [-0.39, 0.29) is 19.4 Å². The van der Waals surface area contributed by atoms with Gasteiger partial charge >= 0.3 is 19.8 Å². The quantitative estimate of drug-likeness (QED) is 0.0482. The van der Waals surface area contributed by atoms with Crippen LogP contribution in [-0.2, 0) is 28.2 Å². The number of phosphoric acid groups is 1. The van der Waals surface area contributed by atoms with Crippen LogP contribution in [0.2, 0.25) is 0 Å². The summed E-state index contributed by atoms with van der Waals surface area (Å²) in [6.07, 6.45) is 26.3. The lowest BCUT2D eigenvalue weighted by Crippen LogP contribution is -2.29. The molecule has 0 fully saturated rings. The molecule has 2 N–H and O–H groups in total. The van der Waals surface area contributed by atoms with Crippen molar-refractivity contribution in [2.75, 3.05) is 13.2 Å². The first-order chi connectivity index (χ1) is 19.3. The first-order valence-corrected chi connectivity index (χ1v) is 17.9. The van der Waals surface area contributed by atoms with Gasteiger partial charge in [0.25, 0.3) is 0 Å². The van der Waals surface area contributed by atoms with Crippen LogP contribution in [0.15, 0.2) is 0 Å². The minimum absolute atomic E-state index is 0.218. The summed E-state index contributed by atoms with van der Waals surface area (Å²) in [4.78, 5) is 41.9. The SMILES string of the molecule is CCCCCCCCCCCCCCCCCCCCCC(=O)OC(COC(=O)CCCCC)COP(=O)(O)O. The van der Waals surface area contributed by atoms with Gasteiger partial charge in [0.05, 0.1) is 6.61 Å². The van der Waals surface area contributed by atoms with Crippen molar-refractivity contribution in [3.8, 4) is 0 Å². The Bertz CT molecular complexity index is 637. The largest absolute Gasteiger partial charge is 0.469 e. The number of phosphoric ester groups is 1. The monoisotopic (exact) mass is 592 g/mol. The molecule has 0 bridgehead atoms. The summed E-state index contributed by atoms with van der Waals surface area (Å²) in [6.45, 7) is 3.48. The highest BCUT2D eigenvalue weighted by molar-refractivity contribution is 7.46. The Morgan fingerprint density at radius 1 is 0.550 bits per heavy atom. The predicted molar refractivity (Wildman–Crippen MR) is 161 cm³/mol. The molecular weight excluding hydrogens is 531 g/mol. The maximum absolute atomic E-state index is 12.2. The van der Waals surface area contributed by atoms with E-state index in [0.717, 1.165) is 25.7 Å². The molecule has 0 radical (unpaired) electrons. The Morgan fingerprint density at radius 2 is 0.900 bits per heavy atom. The van der Waals surface area contributed by atoms with Gasteiger partial charge in [0.15, 0.2) is 6.10 Å². The molecular formula is C31H61O8P. The van der Waals surface area contributed by atoms with Gasteiger partial charge < -0.3 is 19.3 Å². The zero-order chi connectivity index (χ0) is 29.7. The molecule has 0 amide bonds. The van der Waals surface area contributed by atoms with Crippen LogP contribution in [0.4, 0.5) is 0 Å². The minimum atomic E-state index is -4.72. The van der Waals surface area contributed by atoms with Crippen molar-refractivity contribution in [3.63, 3.8) is 0 Å². The zero-order valence-corrected chi connectivity index (χ0v) is 26.6. The van der Waals surface area contributed by atoms with Crippen molar-refractivity contribution in [1.82, 2.24) is 0 Å². The van der Waals surface area contributed by atoms with Gasteiger partial charge in [-0.3, -0.25) is 14.1 Å². The zero-order valence-electron chi connectivity index (χ0n) is 25.8. The topological polar surface area (TPSA) is 119 Å². The van der Waals surface area contributed by atoms with E-state index in [1.54, 1.807) is 0 Å². The average Bonchev–Trinajstić information content (AvgIpc) is 2.91. The molecule has 1 unspecified atom stereocenters. The lowest BCUT2D eigenvalue weighted by molar-refractivity contribution is -0.161. The second kappa shape index (κ2) is 28.2. The summed E-state index contributed by atoms with van der Waals surface area (Å²) >= 11 is 0. The third kappa shape index (κ3) is 30.0. The Labute approximate surface area is 244 Å². The maximum Gasteiger partial charge on any atom is 0.469 e. The molecule has 0 aromatic rings. The molecule has 0 aliphatic heterocycles. The lowest BCUT2D eigenvalue weighted by atomic mass is 10.0. The number of carbonyl (C=O) groups excluding carboxylic acids is 2. The molecule has 0 aromatic carbocycles. The Kier molecular flexibility index (Phi) is 27.5. The van der Waals surface area contributed by atoms with Crippen LogP contribution in [0, 0.1) is 0 Å². The molecule has 40 heavy (non-hydrogen) atoms. The standard InChI is InChI=1S/C31H61O8P/c1-3-5-7-8-9-10-11-12-13-14-15-16-17-18-19-20-21-22-24-26-31(33)39-29(28-38-40(34,35)36)27-37-30(32)25-23-6-4-2/h29H,3-28H2,1-2H3,(H2,34,35,36). The number of esters is 2. The molecule has 0 spiro atoms. The normalized spacial score (nSPS) is 12.4. The summed E-state index contributed by atoms with van der Waals surface area (Å²) in [5.74, 6) is -0.905. The molecule has 0 heterocycles. The fraction of sp³-hybridized carbons (Fsp3) is 0.935. The Morgan fingerprint density at radius 3 is 1.32 bits per heavy atom. The van der Waals surface area contributed by atoms with Crippen LogP contribution in [-0.4, -0.2) is 41.0 Å². The molecule has 0 saturated heterocycles. The van der Waals surface area contributed by atoms with Crippen molar-refractivity contribution in [3.05, 3.63) is 0 Å². The highest BCUT2D eigenvalue weighted by Gasteiger charge is 2.22. The van der Waals surface area contributed by atoms with E-state index in [9.17, 15) is 14.2 Å². The van der Waals surface area contributed by atoms with Crippen molar-refractivity contribution >= 4 is 19.8 Å². The van der Waals surface area contributed by atoms with E-state index in [1.807, 2.05) is 6.92 Å². The van der Waals surface area contributed by atoms with Gasteiger partial charge in [-0.2, -0.15) is 0 Å². The van der Waals surface area contributed by atoms with Gasteiger partial charge in [0, 0.05) is 12.8 Å². The van der Waals surface area contributed by atoms with Gasteiger partial charge in [-0.15, -0.1) is 0 Å². The number of ether oxygens (including phenoxy) is 2. The minimum Gasteiger partial charge on any atom is -0.462 e. The van der Waals surface area contributed by atoms with Crippen LogP contribution in [0.25, 0.3) is 0 Å². The number of rotatable bonds is 30. The molecule has 238 valence electrons. The first kappa shape index (κ1) is 39.0. The summed E-state index contributed by atoms with van der Waals surface area (Å²) < 4.78 is 25.9. The summed E-state index contributed by atoms with van der Waals surface area (Å²) in [6, 6.07) is 0. The van der Waals surface area contributed by atoms with Crippen molar-refractivity contribution in [2.45, 2.75) is 174 Å². The average molecular weight is 593 g/mol. The van der Waals surface area contributed by atoms with E-state index in [1.165, 1.54) is 103 Å². The van der Waals surface area contributed by atoms with E-state index < -0.39 is 32.5 Å². The van der Waals surface area contributed by atoms with Gasteiger partial charge in [0.2, 0.25) is 0 Å². The van der Waals surface area contributed by atoms with Gasteiger partial charge in [-0.25, -0.2) is 4.57 Å². The molecule has 8 nitrogen and oxygen atoms in total. The summed E-state index contributed by atoms with van der Waals surface area (Å²) in [7, 11) is -4.72. The first-order valence-electron chi connectivity index (χ1n) is 16.3. The van der Waals surface area contributed by atoms with Crippen LogP contribution in [0.3, 0.4) is 0 Å². The van der Waals surface area contributed by atoms with Gasteiger partial charge in [0.1, 0.15) is 6.61 Å². The number of carbonyl (C=O) groups is 2.